The molecule has 20 heavy (non-hydrogen) atoms. The van der Waals surface area contributed by atoms with E-state index >= 15 is 0 Å². The molecule has 2 aromatic carbocycles. The first-order chi connectivity index (χ1) is 9.66. The van der Waals surface area contributed by atoms with Crippen LogP contribution in [0, 0.1) is 11.6 Å². The molecule has 0 saturated carbocycles. The molecule has 0 saturated heterocycles. The van der Waals surface area contributed by atoms with E-state index in [1.165, 1.54) is 12.1 Å². The minimum Gasteiger partial charge on any atom is -0.320 e. The van der Waals surface area contributed by atoms with E-state index in [0.717, 1.165) is 22.5 Å². The molecule has 0 spiro atoms. The Morgan fingerprint density at radius 2 is 1.85 bits per heavy atom. The summed E-state index contributed by atoms with van der Waals surface area (Å²) in [6.45, 7) is 0. The van der Waals surface area contributed by atoms with Gasteiger partial charge in [-0.2, -0.15) is 0 Å². The first-order valence-electron chi connectivity index (χ1n) is 6.21. The maximum absolute atomic E-state index is 13.8. The van der Waals surface area contributed by atoms with Gasteiger partial charge < -0.3 is 5.73 Å². The fourth-order valence-corrected chi connectivity index (χ4v) is 2.23. The zero-order valence-electron chi connectivity index (χ0n) is 10.6. The number of nitrogens with zero attached hydrogens (tertiary/aromatic N) is 1. The number of rotatable bonds is 2. The van der Waals surface area contributed by atoms with Crippen LogP contribution in [0.2, 0.25) is 0 Å². The minimum atomic E-state index is -0.897. The highest BCUT2D eigenvalue weighted by Gasteiger charge is 2.16. The first kappa shape index (κ1) is 12.7. The van der Waals surface area contributed by atoms with E-state index in [1.54, 1.807) is 12.3 Å². The van der Waals surface area contributed by atoms with Gasteiger partial charge in [-0.3, -0.25) is 4.98 Å². The van der Waals surface area contributed by atoms with E-state index in [-0.39, 0.29) is 5.56 Å². The van der Waals surface area contributed by atoms with Crippen molar-refractivity contribution in [2.75, 3.05) is 0 Å². The van der Waals surface area contributed by atoms with Crippen molar-refractivity contribution in [2.24, 2.45) is 5.73 Å². The standard InChI is InChI=1S/C16H12F2N2/c17-13-5-1-4-12(15(13)18)16(19)11-6-7-14-10(9-11)3-2-8-20-14/h1-9,16H,19H2. The quantitative estimate of drug-likeness (QED) is 0.773. The number of benzene rings is 2. The molecule has 1 atom stereocenters. The van der Waals surface area contributed by atoms with Crippen molar-refractivity contribution in [1.82, 2.24) is 4.98 Å². The smallest absolute Gasteiger partial charge is 0.163 e. The molecule has 0 bridgehead atoms. The summed E-state index contributed by atoms with van der Waals surface area (Å²) in [5.74, 6) is -1.79. The van der Waals surface area contributed by atoms with Gasteiger partial charge in [-0.15, -0.1) is 0 Å². The third-order valence-electron chi connectivity index (χ3n) is 3.30. The van der Waals surface area contributed by atoms with Gasteiger partial charge in [-0.1, -0.05) is 24.3 Å². The average molecular weight is 270 g/mol. The summed E-state index contributed by atoms with van der Waals surface area (Å²) in [7, 11) is 0. The van der Waals surface area contributed by atoms with Crippen LogP contribution in [0.15, 0.2) is 54.7 Å². The fourth-order valence-electron chi connectivity index (χ4n) is 2.23. The van der Waals surface area contributed by atoms with Crippen LogP contribution in [0.5, 0.6) is 0 Å². The molecule has 2 N–H and O–H groups in total. The Hall–Kier alpha value is -2.33. The van der Waals surface area contributed by atoms with Crippen LogP contribution in [-0.4, -0.2) is 4.98 Å². The monoisotopic (exact) mass is 270 g/mol. The summed E-state index contributed by atoms with van der Waals surface area (Å²) in [6, 6.07) is 12.5. The summed E-state index contributed by atoms with van der Waals surface area (Å²) >= 11 is 0. The molecule has 1 heterocycles. The number of hydrogen-bond acceptors (Lipinski definition) is 2. The number of pyridine rings is 1. The summed E-state index contributed by atoms with van der Waals surface area (Å²) in [6.07, 6.45) is 1.70. The van der Waals surface area contributed by atoms with Crippen LogP contribution in [0.25, 0.3) is 10.9 Å². The maximum atomic E-state index is 13.8. The predicted molar refractivity (Wildman–Crippen MR) is 74.1 cm³/mol. The van der Waals surface area contributed by atoms with Crippen molar-refractivity contribution in [2.45, 2.75) is 6.04 Å². The second-order valence-electron chi connectivity index (χ2n) is 4.58. The minimum absolute atomic E-state index is 0.147. The predicted octanol–water partition coefficient (Wildman–Crippen LogP) is 3.56. The Balaban J connectivity index is 2.08. The molecule has 100 valence electrons. The number of hydrogen-bond donors (Lipinski definition) is 1. The normalized spacial score (nSPS) is 12.6. The lowest BCUT2D eigenvalue weighted by Gasteiger charge is -2.14. The van der Waals surface area contributed by atoms with Gasteiger partial charge in [-0.25, -0.2) is 8.78 Å². The van der Waals surface area contributed by atoms with E-state index in [1.807, 2.05) is 24.3 Å². The van der Waals surface area contributed by atoms with Gasteiger partial charge in [0, 0.05) is 17.1 Å². The SMILES string of the molecule is NC(c1ccc2ncccc2c1)c1cccc(F)c1F. The van der Waals surface area contributed by atoms with Gasteiger partial charge in [-0.05, 0) is 29.8 Å². The van der Waals surface area contributed by atoms with E-state index in [0.29, 0.717) is 0 Å². The number of aromatic nitrogens is 1. The highest BCUT2D eigenvalue weighted by atomic mass is 19.2. The third-order valence-corrected chi connectivity index (χ3v) is 3.30. The van der Waals surface area contributed by atoms with Gasteiger partial charge in [0.2, 0.25) is 0 Å². The lowest BCUT2D eigenvalue weighted by atomic mass is 9.97. The zero-order valence-corrected chi connectivity index (χ0v) is 10.6. The molecule has 1 aromatic heterocycles. The molecule has 0 radical (unpaired) electrons. The summed E-state index contributed by atoms with van der Waals surface area (Å²) in [5.41, 5.74) is 7.75. The highest BCUT2D eigenvalue weighted by Crippen LogP contribution is 2.25. The molecule has 2 nitrogen and oxygen atoms in total. The van der Waals surface area contributed by atoms with Gasteiger partial charge >= 0.3 is 0 Å². The van der Waals surface area contributed by atoms with Crippen LogP contribution in [0.3, 0.4) is 0 Å². The maximum Gasteiger partial charge on any atom is 0.163 e. The Morgan fingerprint density at radius 3 is 2.70 bits per heavy atom. The molecule has 0 aliphatic rings. The first-order valence-corrected chi connectivity index (χ1v) is 6.21. The molecular formula is C16H12F2N2. The second kappa shape index (κ2) is 4.98. The van der Waals surface area contributed by atoms with Crippen LogP contribution in [0.4, 0.5) is 8.78 Å². The van der Waals surface area contributed by atoms with Crippen molar-refractivity contribution in [3.8, 4) is 0 Å². The molecule has 0 aliphatic heterocycles. The van der Waals surface area contributed by atoms with E-state index < -0.39 is 17.7 Å². The molecule has 4 heteroatoms. The second-order valence-corrected chi connectivity index (χ2v) is 4.58. The lowest BCUT2D eigenvalue weighted by molar-refractivity contribution is 0.494. The van der Waals surface area contributed by atoms with Crippen molar-refractivity contribution in [1.29, 1.82) is 0 Å². The van der Waals surface area contributed by atoms with Crippen LogP contribution in [-0.2, 0) is 0 Å². The number of halogens is 2. The van der Waals surface area contributed by atoms with Crippen LogP contribution < -0.4 is 5.73 Å². The summed E-state index contributed by atoms with van der Waals surface area (Å²) in [4.78, 5) is 4.21. The van der Waals surface area contributed by atoms with Crippen molar-refractivity contribution in [3.05, 3.63) is 77.5 Å². The van der Waals surface area contributed by atoms with Gasteiger partial charge in [0.15, 0.2) is 11.6 Å². The van der Waals surface area contributed by atoms with Gasteiger partial charge in [0.25, 0.3) is 0 Å². The van der Waals surface area contributed by atoms with E-state index in [9.17, 15) is 8.78 Å². The fraction of sp³-hybridized carbons (Fsp3) is 0.0625. The number of fused-ring (bicyclic) bond motifs is 1. The molecule has 0 fully saturated rings. The summed E-state index contributed by atoms with van der Waals surface area (Å²) < 4.78 is 27.1. The van der Waals surface area contributed by atoms with Crippen molar-refractivity contribution in [3.63, 3.8) is 0 Å². The average Bonchev–Trinajstić information content (AvgIpc) is 2.49. The Bertz CT molecular complexity index is 771. The molecule has 0 aliphatic carbocycles. The molecule has 0 amide bonds. The largest absolute Gasteiger partial charge is 0.320 e. The zero-order chi connectivity index (χ0) is 14.1. The molecule has 1 unspecified atom stereocenters. The van der Waals surface area contributed by atoms with E-state index in [2.05, 4.69) is 4.98 Å². The highest BCUT2D eigenvalue weighted by molar-refractivity contribution is 5.79. The van der Waals surface area contributed by atoms with Gasteiger partial charge in [0.1, 0.15) is 0 Å². The lowest BCUT2D eigenvalue weighted by Crippen LogP contribution is -2.14. The molecule has 3 aromatic rings. The molecular weight excluding hydrogens is 258 g/mol. The Labute approximate surface area is 114 Å². The Morgan fingerprint density at radius 1 is 1.00 bits per heavy atom. The number of nitrogens with two attached hydrogens (primary N) is 1. The van der Waals surface area contributed by atoms with Crippen molar-refractivity contribution < 1.29 is 8.78 Å². The summed E-state index contributed by atoms with van der Waals surface area (Å²) in [5, 5.41) is 0.914. The Kier molecular flexibility index (Phi) is 3.16. The molecule has 3 rings (SSSR count). The third kappa shape index (κ3) is 2.14. The van der Waals surface area contributed by atoms with Gasteiger partial charge in [0.05, 0.1) is 11.6 Å². The van der Waals surface area contributed by atoms with Crippen LogP contribution >= 0.6 is 0 Å². The van der Waals surface area contributed by atoms with Crippen LogP contribution in [0.1, 0.15) is 17.2 Å². The topological polar surface area (TPSA) is 38.9 Å². The van der Waals surface area contributed by atoms with E-state index in [4.69, 9.17) is 5.73 Å². The van der Waals surface area contributed by atoms with Crippen molar-refractivity contribution >= 4 is 10.9 Å².